The first kappa shape index (κ1) is 23.3. The summed E-state index contributed by atoms with van der Waals surface area (Å²) in [5.74, 6) is 2.12. The summed E-state index contributed by atoms with van der Waals surface area (Å²) in [6.07, 6.45) is 36.5. The van der Waals surface area contributed by atoms with Crippen molar-refractivity contribution >= 4 is 7.28 Å². The predicted molar refractivity (Wildman–Crippen MR) is 125 cm³/mol. The molecule has 0 heterocycles. The van der Waals surface area contributed by atoms with E-state index in [1.54, 1.807) is 33.0 Å². The first-order valence-corrected chi connectivity index (χ1v) is 13.4. The van der Waals surface area contributed by atoms with Gasteiger partial charge >= 0.3 is 0 Å². The van der Waals surface area contributed by atoms with Crippen molar-refractivity contribution < 1.29 is 0 Å². The standard InChI is InChI=1S/C26H51B/c1-2-5-9-13-17-21-25(22-18-14-10-6-3-1)27-26-23-19-15-11-7-4-8-12-16-20-24-26/h25-27H,1-24H2. The first-order chi connectivity index (χ1) is 13.4. The molecule has 2 saturated carbocycles. The number of rotatable bonds is 2. The normalized spacial score (nSPS) is 25.6. The van der Waals surface area contributed by atoms with E-state index in [0.717, 1.165) is 11.6 Å². The van der Waals surface area contributed by atoms with E-state index in [1.807, 2.05) is 0 Å². The molecule has 0 radical (unpaired) electrons. The van der Waals surface area contributed by atoms with E-state index in [1.165, 1.54) is 128 Å². The minimum atomic E-state index is 1.06. The molecule has 0 bridgehead atoms. The molecule has 0 unspecified atom stereocenters. The van der Waals surface area contributed by atoms with Gasteiger partial charge in [-0.1, -0.05) is 166 Å². The summed E-state index contributed by atoms with van der Waals surface area (Å²) in [6.45, 7) is 0. The second kappa shape index (κ2) is 17.0. The van der Waals surface area contributed by atoms with Gasteiger partial charge in [-0.3, -0.25) is 0 Å². The summed E-state index contributed by atoms with van der Waals surface area (Å²) >= 11 is 0. The monoisotopic (exact) mass is 374 g/mol. The smallest absolute Gasteiger partial charge is 0.0654 e. The third kappa shape index (κ3) is 13.0. The SMILES string of the molecule is B(C1CCCCCCCCCCCCC1)C1CCCCCCCCCCC1. The van der Waals surface area contributed by atoms with Crippen molar-refractivity contribution in [3.63, 3.8) is 0 Å². The van der Waals surface area contributed by atoms with Gasteiger partial charge in [-0.2, -0.15) is 0 Å². The van der Waals surface area contributed by atoms with Crippen molar-refractivity contribution in [2.45, 2.75) is 166 Å². The second-order valence-electron chi connectivity index (χ2n) is 10.2. The molecular weight excluding hydrogens is 323 g/mol. The zero-order chi connectivity index (χ0) is 18.8. The highest BCUT2D eigenvalue weighted by Gasteiger charge is 2.18. The maximum atomic E-state index is 1.58. The Morgan fingerprint density at radius 3 is 0.667 bits per heavy atom. The van der Waals surface area contributed by atoms with Crippen molar-refractivity contribution in [3.8, 4) is 0 Å². The van der Waals surface area contributed by atoms with Crippen LogP contribution < -0.4 is 0 Å². The predicted octanol–water partition coefficient (Wildman–Crippen LogP) is 9.39. The minimum absolute atomic E-state index is 1.06. The van der Waals surface area contributed by atoms with E-state index in [2.05, 4.69) is 0 Å². The van der Waals surface area contributed by atoms with E-state index in [0.29, 0.717) is 0 Å². The Morgan fingerprint density at radius 1 is 0.259 bits per heavy atom. The molecule has 2 aliphatic carbocycles. The van der Waals surface area contributed by atoms with Crippen molar-refractivity contribution in [2.75, 3.05) is 0 Å². The molecule has 0 nitrogen and oxygen atoms in total. The third-order valence-electron chi connectivity index (χ3n) is 7.62. The highest BCUT2D eigenvalue weighted by atomic mass is 14.1. The highest BCUT2D eigenvalue weighted by Crippen LogP contribution is 2.32. The molecular formula is C26H51B. The van der Waals surface area contributed by atoms with Crippen molar-refractivity contribution in [1.29, 1.82) is 0 Å². The summed E-state index contributed by atoms with van der Waals surface area (Å²) in [5.41, 5.74) is 0. The Labute approximate surface area is 173 Å². The number of hydrogen-bond acceptors (Lipinski definition) is 0. The summed E-state index contributed by atoms with van der Waals surface area (Å²) < 4.78 is 0. The molecule has 0 atom stereocenters. The molecule has 1 heteroatoms. The van der Waals surface area contributed by atoms with Gasteiger partial charge in [0.05, 0.1) is 0 Å². The lowest BCUT2D eigenvalue weighted by atomic mass is 9.50. The maximum absolute atomic E-state index is 1.58. The van der Waals surface area contributed by atoms with E-state index in [-0.39, 0.29) is 0 Å². The van der Waals surface area contributed by atoms with Crippen molar-refractivity contribution in [1.82, 2.24) is 0 Å². The molecule has 2 rings (SSSR count). The van der Waals surface area contributed by atoms with Gasteiger partial charge in [0.2, 0.25) is 0 Å². The van der Waals surface area contributed by atoms with Gasteiger partial charge in [-0.15, -0.1) is 0 Å². The summed E-state index contributed by atoms with van der Waals surface area (Å²) in [6, 6.07) is 0. The van der Waals surface area contributed by atoms with Crippen LogP contribution in [-0.4, -0.2) is 7.28 Å². The number of hydrogen-bond donors (Lipinski definition) is 0. The molecule has 0 aromatic rings. The molecule has 0 spiro atoms. The highest BCUT2D eigenvalue weighted by molar-refractivity contribution is 6.39. The Balaban J connectivity index is 1.76. The lowest BCUT2D eigenvalue weighted by Gasteiger charge is -2.23. The largest absolute Gasteiger partial charge is 0.127 e. The topological polar surface area (TPSA) is 0 Å². The van der Waals surface area contributed by atoms with Crippen LogP contribution in [0.1, 0.15) is 154 Å². The second-order valence-corrected chi connectivity index (χ2v) is 10.2. The Morgan fingerprint density at radius 2 is 0.444 bits per heavy atom. The fourth-order valence-corrected chi connectivity index (χ4v) is 5.79. The molecule has 0 N–H and O–H groups in total. The first-order valence-electron chi connectivity index (χ1n) is 13.4. The lowest BCUT2D eigenvalue weighted by molar-refractivity contribution is 0.486. The fraction of sp³-hybridized carbons (Fsp3) is 1.00. The van der Waals surface area contributed by atoms with Crippen LogP contribution in [0, 0.1) is 0 Å². The van der Waals surface area contributed by atoms with Gasteiger partial charge in [0.15, 0.2) is 0 Å². The van der Waals surface area contributed by atoms with Crippen LogP contribution in [0.25, 0.3) is 0 Å². The summed E-state index contributed by atoms with van der Waals surface area (Å²) in [4.78, 5) is 0. The minimum Gasteiger partial charge on any atom is -0.0654 e. The maximum Gasteiger partial charge on any atom is 0.127 e. The Bertz CT molecular complexity index is 287. The van der Waals surface area contributed by atoms with Crippen molar-refractivity contribution in [3.05, 3.63) is 0 Å². The zero-order valence-electron chi connectivity index (χ0n) is 18.8. The van der Waals surface area contributed by atoms with Gasteiger partial charge in [0.25, 0.3) is 0 Å². The molecule has 27 heavy (non-hydrogen) atoms. The van der Waals surface area contributed by atoms with Crippen LogP contribution in [0.5, 0.6) is 0 Å². The van der Waals surface area contributed by atoms with Gasteiger partial charge in [-0.25, -0.2) is 0 Å². The molecule has 0 aromatic carbocycles. The Hall–Kier alpha value is 0.0649. The van der Waals surface area contributed by atoms with Crippen LogP contribution in [0.2, 0.25) is 11.6 Å². The van der Waals surface area contributed by atoms with E-state index >= 15 is 0 Å². The zero-order valence-corrected chi connectivity index (χ0v) is 18.8. The summed E-state index contributed by atoms with van der Waals surface area (Å²) in [5, 5.41) is 0. The molecule has 0 saturated heterocycles. The molecule has 0 aliphatic heterocycles. The van der Waals surface area contributed by atoms with Gasteiger partial charge in [0, 0.05) is 0 Å². The van der Waals surface area contributed by atoms with Gasteiger partial charge in [0.1, 0.15) is 7.28 Å². The molecule has 2 fully saturated rings. The van der Waals surface area contributed by atoms with E-state index in [4.69, 9.17) is 0 Å². The molecule has 158 valence electrons. The van der Waals surface area contributed by atoms with Gasteiger partial charge < -0.3 is 0 Å². The molecule has 0 aromatic heterocycles. The van der Waals surface area contributed by atoms with Gasteiger partial charge in [-0.05, 0) is 0 Å². The molecule has 0 amide bonds. The van der Waals surface area contributed by atoms with E-state index < -0.39 is 0 Å². The average Bonchev–Trinajstić information content (AvgIpc) is 2.67. The Kier molecular flexibility index (Phi) is 14.7. The summed E-state index contributed by atoms with van der Waals surface area (Å²) in [7, 11) is 1.58. The van der Waals surface area contributed by atoms with Crippen molar-refractivity contribution in [2.24, 2.45) is 0 Å². The average molecular weight is 375 g/mol. The van der Waals surface area contributed by atoms with Crippen LogP contribution in [0.3, 0.4) is 0 Å². The third-order valence-corrected chi connectivity index (χ3v) is 7.62. The quantitative estimate of drug-likeness (QED) is 0.422. The van der Waals surface area contributed by atoms with Crippen LogP contribution in [0.4, 0.5) is 0 Å². The molecule has 2 aliphatic rings. The van der Waals surface area contributed by atoms with E-state index in [9.17, 15) is 0 Å². The van der Waals surface area contributed by atoms with Crippen LogP contribution in [-0.2, 0) is 0 Å². The van der Waals surface area contributed by atoms with Crippen LogP contribution >= 0.6 is 0 Å². The van der Waals surface area contributed by atoms with Crippen LogP contribution in [0.15, 0.2) is 0 Å². The fourth-order valence-electron chi connectivity index (χ4n) is 5.79. The lowest BCUT2D eigenvalue weighted by Crippen LogP contribution is -2.13.